The van der Waals surface area contributed by atoms with Gasteiger partial charge in [0.25, 0.3) is 0 Å². The molecule has 1 aliphatic heterocycles. The molecule has 1 aliphatic rings. The topological polar surface area (TPSA) is 39.4 Å². The van der Waals surface area contributed by atoms with Crippen LogP contribution in [0.2, 0.25) is 18.1 Å². The van der Waals surface area contributed by atoms with Crippen molar-refractivity contribution in [1.82, 2.24) is 9.78 Å². The minimum absolute atomic E-state index is 0.314. The van der Waals surface area contributed by atoms with E-state index < -0.39 is 8.32 Å². The summed E-state index contributed by atoms with van der Waals surface area (Å²) in [6.07, 6.45) is 11.9. The van der Waals surface area contributed by atoms with Crippen LogP contribution in [0.4, 0.5) is 0 Å². The van der Waals surface area contributed by atoms with Crippen molar-refractivity contribution in [2.75, 3.05) is 13.2 Å². The fourth-order valence-electron chi connectivity index (χ4n) is 1.66. The van der Waals surface area contributed by atoms with Crippen molar-refractivity contribution in [3.8, 4) is 0 Å². The lowest BCUT2D eigenvalue weighted by Crippen LogP contribution is -2.40. The predicted molar refractivity (Wildman–Crippen MR) is 97.1 cm³/mol. The molecule has 22 heavy (non-hydrogen) atoms. The van der Waals surface area contributed by atoms with E-state index in [4.69, 9.17) is 4.43 Å². The summed E-state index contributed by atoms with van der Waals surface area (Å²) in [4.78, 5) is 3.85. The molecule has 0 saturated heterocycles. The molecule has 0 spiro atoms. The number of hydrogen-bond acceptors (Lipinski definition) is 3. The second-order valence-corrected chi connectivity index (χ2v) is 11.8. The van der Waals surface area contributed by atoms with E-state index in [1.165, 1.54) is 0 Å². The molecule has 0 saturated carbocycles. The Bertz CT molecular complexity index is 449. The van der Waals surface area contributed by atoms with Crippen LogP contribution in [-0.2, 0) is 11.0 Å². The second-order valence-electron chi connectivity index (χ2n) is 7.03. The summed E-state index contributed by atoms with van der Waals surface area (Å²) >= 11 is 0. The average Bonchev–Trinajstić information content (AvgIpc) is 3.13. The Kier molecular flexibility index (Phi) is 7.75. The summed E-state index contributed by atoms with van der Waals surface area (Å²) < 4.78 is 8.10. The Balaban J connectivity index is 0.000000406. The molecule has 0 fully saturated rings. The summed E-state index contributed by atoms with van der Waals surface area (Å²) in [6.45, 7) is 14.2. The van der Waals surface area contributed by atoms with Crippen molar-refractivity contribution in [2.24, 2.45) is 4.99 Å². The van der Waals surface area contributed by atoms with E-state index in [1.54, 1.807) is 6.21 Å². The van der Waals surface area contributed by atoms with Gasteiger partial charge in [-0.05, 0) is 43.1 Å². The Morgan fingerprint density at radius 2 is 2.00 bits per heavy atom. The van der Waals surface area contributed by atoms with Gasteiger partial charge < -0.3 is 4.43 Å². The van der Waals surface area contributed by atoms with Gasteiger partial charge in [-0.25, -0.2) is 0 Å². The summed E-state index contributed by atoms with van der Waals surface area (Å²) in [5.74, 6) is 0. The van der Waals surface area contributed by atoms with Crippen LogP contribution in [0.25, 0.3) is 0 Å². The zero-order valence-corrected chi connectivity index (χ0v) is 15.7. The van der Waals surface area contributed by atoms with Crippen molar-refractivity contribution in [1.29, 1.82) is 0 Å². The standard InChI is InChI=1S/C13H26N2OSi.C4H5N/c1-13(2,3)17(4,5)16-12-7-6-10-15-11-8-9-14-15;1-2-4-5-3-1/h8-9,11H,6-7,10,12H2,1-5H3;1-3H,4H2. The Morgan fingerprint density at radius 3 is 2.45 bits per heavy atom. The van der Waals surface area contributed by atoms with Crippen molar-refractivity contribution in [3.63, 3.8) is 0 Å². The number of aliphatic imine (C=N–C) groups is 1. The molecule has 0 radical (unpaired) electrons. The van der Waals surface area contributed by atoms with Crippen molar-refractivity contribution in [2.45, 2.75) is 58.3 Å². The van der Waals surface area contributed by atoms with E-state index in [0.717, 1.165) is 32.5 Å². The van der Waals surface area contributed by atoms with Crippen LogP contribution in [0.1, 0.15) is 33.6 Å². The molecule has 1 aromatic heterocycles. The highest BCUT2D eigenvalue weighted by molar-refractivity contribution is 6.74. The maximum Gasteiger partial charge on any atom is 0.191 e. The molecule has 0 aromatic carbocycles. The van der Waals surface area contributed by atoms with E-state index in [0.29, 0.717) is 5.04 Å². The van der Waals surface area contributed by atoms with Crippen LogP contribution in [-0.4, -0.2) is 37.5 Å². The summed E-state index contributed by atoms with van der Waals surface area (Å²) in [7, 11) is -1.54. The van der Waals surface area contributed by atoms with Gasteiger partial charge in [0.05, 0.1) is 6.54 Å². The Morgan fingerprint density at radius 1 is 1.23 bits per heavy atom. The van der Waals surface area contributed by atoms with Crippen LogP contribution in [0, 0.1) is 0 Å². The van der Waals surface area contributed by atoms with E-state index >= 15 is 0 Å². The first-order valence-electron chi connectivity index (χ1n) is 8.09. The minimum Gasteiger partial charge on any atom is -0.417 e. The third-order valence-electron chi connectivity index (χ3n) is 4.15. The van der Waals surface area contributed by atoms with Crippen LogP contribution in [0.15, 0.2) is 35.6 Å². The van der Waals surface area contributed by atoms with Crippen molar-refractivity contribution >= 4 is 14.5 Å². The molecule has 5 heteroatoms. The second kappa shape index (κ2) is 9.05. The number of hydrogen-bond donors (Lipinski definition) is 0. The first kappa shape index (κ1) is 18.8. The lowest BCUT2D eigenvalue weighted by atomic mass is 10.2. The lowest BCUT2D eigenvalue weighted by molar-refractivity contribution is 0.275. The molecule has 0 N–H and O–H groups in total. The SMILES string of the molecule is C1=CCN=C1.CC(C)(C)[Si](C)(C)OCCCCn1cccn1. The summed E-state index contributed by atoms with van der Waals surface area (Å²) in [5.41, 5.74) is 0. The van der Waals surface area contributed by atoms with Gasteiger partial charge >= 0.3 is 0 Å². The number of nitrogens with zero attached hydrogens (tertiary/aromatic N) is 3. The highest BCUT2D eigenvalue weighted by atomic mass is 28.4. The molecule has 0 amide bonds. The van der Waals surface area contributed by atoms with E-state index in [-0.39, 0.29) is 0 Å². The Labute approximate surface area is 136 Å². The average molecular weight is 322 g/mol. The van der Waals surface area contributed by atoms with Gasteiger partial charge in [-0.1, -0.05) is 26.8 Å². The molecule has 0 aliphatic carbocycles. The molecular formula is C17H31N3OSi. The molecule has 2 heterocycles. The first-order valence-corrected chi connectivity index (χ1v) is 11.0. The fourth-order valence-corrected chi connectivity index (χ4v) is 2.74. The fraction of sp³-hybridized carbons (Fsp3) is 0.647. The van der Waals surface area contributed by atoms with Crippen molar-refractivity contribution < 1.29 is 4.43 Å². The Hall–Kier alpha value is -1.20. The zero-order chi connectivity index (χ0) is 16.5. The predicted octanol–water partition coefficient (Wildman–Crippen LogP) is 4.31. The van der Waals surface area contributed by atoms with Gasteiger partial charge in [0, 0.05) is 31.8 Å². The number of unbranched alkanes of at least 4 members (excludes halogenated alkanes) is 1. The van der Waals surface area contributed by atoms with Gasteiger partial charge in [-0.3, -0.25) is 9.67 Å². The molecule has 0 unspecified atom stereocenters. The van der Waals surface area contributed by atoms with E-state index in [9.17, 15) is 0 Å². The number of aryl methyl sites for hydroxylation is 1. The van der Waals surface area contributed by atoms with E-state index in [2.05, 4.69) is 44.0 Å². The maximum absolute atomic E-state index is 6.12. The lowest BCUT2D eigenvalue weighted by Gasteiger charge is -2.36. The summed E-state index contributed by atoms with van der Waals surface area (Å²) in [5, 5.41) is 4.50. The molecule has 1 aromatic rings. The van der Waals surface area contributed by atoms with Gasteiger partial charge in [0.15, 0.2) is 8.32 Å². The van der Waals surface area contributed by atoms with Crippen LogP contribution < -0.4 is 0 Å². The maximum atomic E-state index is 6.12. The molecular weight excluding hydrogens is 290 g/mol. The molecule has 2 rings (SSSR count). The zero-order valence-electron chi connectivity index (χ0n) is 14.7. The normalized spacial score (nSPS) is 14.0. The first-order chi connectivity index (χ1) is 10.3. The van der Waals surface area contributed by atoms with Crippen LogP contribution in [0.5, 0.6) is 0 Å². The third kappa shape index (κ3) is 7.18. The smallest absolute Gasteiger partial charge is 0.191 e. The monoisotopic (exact) mass is 321 g/mol. The highest BCUT2D eigenvalue weighted by Crippen LogP contribution is 2.36. The van der Waals surface area contributed by atoms with Gasteiger partial charge in [0.1, 0.15) is 0 Å². The van der Waals surface area contributed by atoms with Gasteiger partial charge in [0.2, 0.25) is 0 Å². The van der Waals surface area contributed by atoms with E-state index in [1.807, 2.05) is 35.3 Å². The van der Waals surface area contributed by atoms with Crippen molar-refractivity contribution in [3.05, 3.63) is 30.6 Å². The number of aromatic nitrogens is 2. The number of allylic oxidation sites excluding steroid dienone is 1. The number of rotatable bonds is 6. The van der Waals surface area contributed by atoms with Crippen LogP contribution >= 0.6 is 0 Å². The molecule has 0 bridgehead atoms. The largest absolute Gasteiger partial charge is 0.417 e. The molecule has 124 valence electrons. The molecule has 4 nitrogen and oxygen atoms in total. The van der Waals surface area contributed by atoms with Gasteiger partial charge in [-0.2, -0.15) is 5.10 Å². The third-order valence-corrected chi connectivity index (χ3v) is 8.69. The summed E-state index contributed by atoms with van der Waals surface area (Å²) in [6, 6.07) is 1.96. The highest BCUT2D eigenvalue weighted by Gasteiger charge is 2.36. The minimum atomic E-state index is -1.54. The van der Waals surface area contributed by atoms with Crippen LogP contribution in [0.3, 0.4) is 0 Å². The quantitative estimate of drug-likeness (QED) is 0.578. The molecule has 0 atom stereocenters. The van der Waals surface area contributed by atoms with Gasteiger partial charge in [-0.15, -0.1) is 0 Å².